The van der Waals surface area contributed by atoms with E-state index in [1.165, 1.54) is 16.6 Å². The number of aromatic nitrogens is 2. The van der Waals surface area contributed by atoms with E-state index in [2.05, 4.69) is 10.4 Å². The Labute approximate surface area is 160 Å². The fourth-order valence-electron chi connectivity index (χ4n) is 3.42. The lowest BCUT2D eigenvalue weighted by molar-refractivity contribution is -0.154. The van der Waals surface area contributed by atoms with Crippen LogP contribution in [0.5, 0.6) is 5.88 Å². The summed E-state index contributed by atoms with van der Waals surface area (Å²) in [4.78, 5) is 1.42. The van der Waals surface area contributed by atoms with Gasteiger partial charge in [-0.25, -0.2) is 4.68 Å². The minimum Gasteiger partial charge on any atom is -0.468 e. The molecule has 28 heavy (non-hydrogen) atoms. The van der Waals surface area contributed by atoms with Crippen LogP contribution in [-0.2, 0) is 13.6 Å². The highest BCUT2D eigenvalue weighted by Crippen LogP contribution is 2.26. The number of likely N-dealkylation sites (tertiary alicyclic amines) is 1. The highest BCUT2D eigenvalue weighted by molar-refractivity contribution is 5.30. The van der Waals surface area contributed by atoms with Gasteiger partial charge in [0.2, 0.25) is 5.88 Å². The van der Waals surface area contributed by atoms with E-state index < -0.39 is 25.5 Å². The molecule has 1 aliphatic heterocycles. The Bertz CT molecular complexity index is 620. The van der Waals surface area contributed by atoms with E-state index in [0.29, 0.717) is 56.2 Å². The van der Waals surface area contributed by atoms with Crippen molar-refractivity contribution in [3.8, 4) is 5.88 Å². The number of aryl methyl sites for hydroxylation is 2. The molecule has 0 radical (unpaired) electrons. The van der Waals surface area contributed by atoms with Crippen LogP contribution in [0.2, 0.25) is 0 Å². The number of nitrogens with one attached hydrogen (secondary N) is 1. The van der Waals surface area contributed by atoms with E-state index in [1.807, 2.05) is 0 Å². The number of hydrogen-bond donors (Lipinski definition) is 1. The molecule has 0 bridgehead atoms. The van der Waals surface area contributed by atoms with Gasteiger partial charge in [0.15, 0.2) is 6.61 Å². The lowest BCUT2D eigenvalue weighted by atomic mass is 9.93. The summed E-state index contributed by atoms with van der Waals surface area (Å²) in [7, 11) is 1.52. The summed E-state index contributed by atoms with van der Waals surface area (Å²) in [6.45, 7) is 1.27. The number of ether oxygens (including phenoxy) is 1. The molecule has 2 heterocycles. The second kappa shape index (κ2) is 9.34. The van der Waals surface area contributed by atoms with E-state index in [1.54, 1.807) is 6.92 Å². The molecular weight excluding hydrogens is 390 g/mol. The minimum absolute atomic E-state index is 0.0859. The molecule has 0 spiro atoms. The van der Waals surface area contributed by atoms with Gasteiger partial charge in [-0.1, -0.05) is 0 Å². The fourth-order valence-corrected chi connectivity index (χ4v) is 3.42. The molecule has 1 N–H and O–H groups in total. The molecule has 0 unspecified atom stereocenters. The molecule has 1 aliphatic rings. The average Bonchev–Trinajstić information content (AvgIpc) is 2.82. The Balaban J connectivity index is 1.74. The highest BCUT2D eigenvalue weighted by Gasteiger charge is 2.32. The largest absolute Gasteiger partial charge is 0.468 e. The van der Waals surface area contributed by atoms with Crippen molar-refractivity contribution in [3.63, 3.8) is 0 Å². The number of hydrogen-bond acceptors (Lipinski definition) is 4. The van der Waals surface area contributed by atoms with Crippen molar-refractivity contribution in [2.45, 2.75) is 45.1 Å². The molecule has 5 nitrogen and oxygen atoms in total. The third-order valence-electron chi connectivity index (χ3n) is 4.80. The van der Waals surface area contributed by atoms with Gasteiger partial charge >= 0.3 is 12.4 Å². The lowest BCUT2D eigenvalue weighted by Gasteiger charge is -2.32. The van der Waals surface area contributed by atoms with E-state index in [0.717, 1.165) is 6.42 Å². The van der Waals surface area contributed by atoms with Crippen molar-refractivity contribution in [3.05, 3.63) is 11.3 Å². The Hall–Kier alpha value is -1.49. The number of nitrogens with zero attached hydrogens (tertiary/aromatic N) is 3. The second-order valence-electron chi connectivity index (χ2n) is 7.20. The van der Waals surface area contributed by atoms with Gasteiger partial charge in [0.05, 0.1) is 17.8 Å². The molecule has 1 fully saturated rings. The minimum atomic E-state index is -4.43. The summed E-state index contributed by atoms with van der Waals surface area (Å²) < 4.78 is 80.6. The first-order valence-electron chi connectivity index (χ1n) is 9.16. The molecule has 2 rings (SSSR count). The summed E-state index contributed by atoms with van der Waals surface area (Å²) in [6, 6.07) is 0. The van der Waals surface area contributed by atoms with E-state index >= 15 is 0 Å². The van der Waals surface area contributed by atoms with Crippen LogP contribution in [-0.4, -0.2) is 59.8 Å². The van der Waals surface area contributed by atoms with E-state index in [9.17, 15) is 26.3 Å². The second-order valence-corrected chi connectivity index (χ2v) is 7.20. The first-order valence-corrected chi connectivity index (χ1v) is 9.16. The summed E-state index contributed by atoms with van der Waals surface area (Å²) in [5.41, 5.74) is 1.17. The Morgan fingerprint density at radius 2 is 1.75 bits per heavy atom. The lowest BCUT2D eigenvalue weighted by Crippen LogP contribution is -2.40. The molecule has 162 valence electrons. The molecule has 1 aromatic heterocycles. The van der Waals surface area contributed by atoms with Crippen LogP contribution < -0.4 is 10.1 Å². The van der Waals surface area contributed by atoms with Crippen molar-refractivity contribution < 1.29 is 31.1 Å². The summed E-state index contributed by atoms with van der Waals surface area (Å²) in [6.07, 6.45) is -6.36. The van der Waals surface area contributed by atoms with Crippen LogP contribution in [0.3, 0.4) is 0 Å². The van der Waals surface area contributed by atoms with Gasteiger partial charge in [0.1, 0.15) is 0 Å². The molecule has 0 aliphatic carbocycles. The monoisotopic (exact) mass is 416 g/mol. The highest BCUT2D eigenvalue weighted by atomic mass is 19.4. The van der Waals surface area contributed by atoms with Gasteiger partial charge in [0, 0.05) is 13.6 Å². The van der Waals surface area contributed by atoms with Crippen LogP contribution >= 0.6 is 0 Å². The normalized spacial score (nSPS) is 17.3. The van der Waals surface area contributed by atoms with Crippen LogP contribution in [0.4, 0.5) is 26.3 Å². The summed E-state index contributed by atoms with van der Waals surface area (Å²) in [5.74, 6) is 0.427. The van der Waals surface area contributed by atoms with Crippen molar-refractivity contribution >= 4 is 0 Å². The first kappa shape index (κ1) is 22.8. The Morgan fingerprint density at radius 1 is 1.11 bits per heavy atom. The standard InChI is InChI=1S/C17H26F6N4O/c1-12-14(15(26(2)25-12)28-11-17(21,22)23)9-24-6-3-13-4-7-27(8-5-13)10-16(18,19)20/h13,24H,3-11H2,1-2H3. The SMILES string of the molecule is Cc1nn(C)c(OCC(F)(F)F)c1CNCCC1CCN(CC(F)(F)F)CC1. The zero-order valence-electron chi connectivity index (χ0n) is 16.0. The fraction of sp³-hybridized carbons (Fsp3) is 0.824. The first-order chi connectivity index (χ1) is 12.9. The zero-order valence-corrected chi connectivity index (χ0v) is 16.0. The number of alkyl halides is 6. The van der Waals surface area contributed by atoms with Crippen molar-refractivity contribution in [1.82, 2.24) is 20.0 Å². The van der Waals surface area contributed by atoms with Crippen molar-refractivity contribution in [2.75, 3.05) is 32.8 Å². The Kier molecular flexibility index (Phi) is 7.60. The topological polar surface area (TPSA) is 42.3 Å². The maximum absolute atomic E-state index is 12.4. The van der Waals surface area contributed by atoms with Crippen LogP contribution in [0.15, 0.2) is 0 Å². The molecule has 0 aromatic carbocycles. The van der Waals surface area contributed by atoms with Gasteiger partial charge in [0.25, 0.3) is 0 Å². The summed E-state index contributed by atoms with van der Waals surface area (Å²) in [5, 5.41) is 7.29. The Morgan fingerprint density at radius 3 is 2.32 bits per heavy atom. The van der Waals surface area contributed by atoms with Crippen molar-refractivity contribution in [2.24, 2.45) is 13.0 Å². The average molecular weight is 416 g/mol. The molecule has 0 saturated carbocycles. The summed E-state index contributed by atoms with van der Waals surface area (Å²) >= 11 is 0. The van der Waals surface area contributed by atoms with Gasteiger partial charge in [-0.3, -0.25) is 4.90 Å². The molecule has 0 atom stereocenters. The molecule has 1 aromatic rings. The number of rotatable bonds is 8. The smallest absolute Gasteiger partial charge is 0.422 e. The van der Waals surface area contributed by atoms with E-state index in [4.69, 9.17) is 4.74 Å². The van der Waals surface area contributed by atoms with Crippen LogP contribution in [0.25, 0.3) is 0 Å². The number of piperidine rings is 1. The quantitative estimate of drug-likeness (QED) is 0.521. The maximum atomic E-state index is 12.4. The third-order valence-corrected chi connectivity index (χ3v) is 4.80. The van der Waals surface area contributed by atoms with Crippen LogP contribution in [0.1, 0.15) is 30.5 Å². The predicted octanol–water partition coefficient (Wildman–Crippen LogP) is 3.42. The molecular formula is C17H26F6N4O. The van der Waals surface area contributed by atoms with E-state index in [-0.39, 0.29) is 5.88 Å². The molecule has 11 heteroatoms. The molecule has 1 saturated heterocycles. The van der Waals surface area contributed by atoms with Gasteiger partial charge in [-0.15, -0.1) is 0 Å². The third kappa shape index (κ3) is 7.50. The number of halogens is 6. The van der Waals surface area contributed by atoms with Gasteiger partial charge in [-0.05, 0) is 51.7 Å². The van der Waals surface area contributed by atoms with Crippen molar-refractivity contribution in [1.29, 1.82) is 0 Å². The zero-order chi connectivity index (χ0) is 20.9. The van der Waals surface area contributed by atoms with Gasteiger partial charge < -0.3 is 10.1 Å². The predicted molar refractivity (Wildman–Crippen MR) is 91.0 cm³/mol. The van der Waals surface area contributed by atoms with Crippen LogP contribution in [0, 0.1) is 12.8 Å². The van der Waals surface area contributed by atoms with Gasteiger partial charge in [-0.2, -0.15) is 31.4 Å². The molecule has 0 amide bonds. The maximum Gasteiger partial charge on any atom is 0.422 e.